The van der Waals surface area contributed by atoms with Crippen molar-refractivity contribution in [3.63, 3.8) is 0 Å². The van der Waals surface area contributed by atoms with Gasteiger partial charge in [-0.15, -0.1) is 0 Å². The molecule has 0 aliphatic rings. The summed E-state index contributed by atoms with van der Waals surface area (Å²) in [5, 5.41) is 6.18. The number of hydrogen-bond acceptors (Lipinski definition) is 2. The van der Waals surface area contributed by atoms with E-state index in [1.165, 1.54) is 0 Å². The fourth-order valence-corrected chi connectivity index (χ4v) is 2.59. The van der Waals surface area contributed by atoms with Crippen LogP contribution in [0.4, 0.5) is 5.69 Å². The summed E-state index contributed by atoms with van der Waals surface area (Å²) in [4.78, 5) is 12.2. The second kappa shape index (κ2) is 5.85. The lowest BCUT2D eigenvalue weighted by atomic mass is 10.0. The molecule has 2 N–H and O–H groups in total. The van der Waals surface area contributed by atoms with E-state index in [0.717, 1.165) is 27.8 Å². The molecule has 1 aromatic rings. The Bertz CT molecular complexity index is 432. The smallest absolute Gasteiger partial charge is 0.244 e. The zero-order chi connectivity index (χ0) is 13.9. The van der Waals surface area contributed by atoms with Crippen LogP contribution in [0, 0.1) is 13.8 Å². The number of amides is 1. The molecule has 0 saturated carbocycles. The number of nitrogens with one attached hydrogen (secondary N) is 2. The highest BCUT2D eigenvalue weighted by molar-refractivity contribution is 9.10. The zero-order valence-corrected chi connectivity index (χ0v) is 13.2. The molecule has 0 spiro atoms. The third kappa shape index (κ3) is 3.56. The minimum atomic E-state index is -0.569. The van der Waals surface area contributed by atoms with E-state index in [9.17, 15) is 4.79 Å². The third-order valence-electron chi connectivity index (χ3n) is 2.92. The fourth-order valence-electron chi connectivity index (χ4n) is 1.90. The fraction of sp³-hybridized carbons (Fsp3) is 0.500. The zero-order valence-electron chi connectivity index (χ0n) is 11.6. The molecular formula is C14H21BrN2O. The highest BCUT2D eigenvalue weighted by Crippen LogP contribution is 2.25. The van der Waals surface area contributed by atoms with Crippen LogP contribution in [0.3, 0.4) is 0 Å². The van der Waals surface area contributed by atoms with Crippen molar-refractivity contribution in [1.29, 1.82) is 0 Å². The summed E-state index contributed by atoms with van der Waals surface area (Å²) < 4.78 is 1.03. The van der Waals surface area contributed by atoms with Crippen LogP contribution >= 0.6 is 15.9 Å². The molecule has 0 radical (unpaired) electrons. The van der Waals surface area contributed by atoms with E-state index in [1.54, 1.807) is 0 Å². The van der Waals surface area contributed by atoms with Gasteiger partial charge in [-0.05, 0) is 57.5 Å². The van der Waals surface area contributed by atoms with Crippen LogP contribution in [0.15, 0.2) is 16.6 Å². The lowest BCUT2D eigenvalue weighted by Gasteiger charge is -2.25. The van der Waals surface area contributed by atoms with Gasteiger partial charge in [-0.2, -0.15) is 0 Å². The number of anilines is 1. The first-order valence-corrected chi connectivity index (χ1v) is 6.90. The van der Waals surface area contributed by atoms with Gasteiger partial charge in [0.25, 0.3) is 0 Å². The molecule has 1 aromatic carbocycles. The second-order valence-corrected chi connectivity index (χ2v) is 5.94. The van der Waals surface area contributed by atoms with E-state index in [1.807, 2.05) is 46.8 Å². The standard InChI is InChI=1S/C14H21BrN2O/c1-6-16-14(4,5)13(18)17-12-9(2)7-11(15)8-10(12)3/h7-8,16H,6H2,1-5H3,(H,17,18). The lowest BCUT2D eigenvalue weighted by molar-refractivity contribution is -0.121. The molecule has 0 atom stereocenters. The van der Waals surface area contributed by atoms with Gasteiger partial charge in [0.2, 0.25) is 5.91 Å². The lowest BCUT2D eigenvalue weighted by Crippen LogP contribution is -2.49. The largest absolute Gasteiger partial charge is 0.324 e. The molecule has 1 amide bonds. The first-order chi connectivity index (χ1) is 8.27. The Hall–Kier alpha value is -0.870. The summed E-state index contributed by atoms with van der Waals surface area (Å²) in [6.45, 7) is 10.5. The summed E-state index contributed by atoms with van der Waals surface area (Å²) in [7, 11) is 0. The number of carbonyl (C=O) groups is 1. The maximum atomic E-state index is 12.2. The van der Waals surface area contributed by atoms with Gasteiger partial charge in [0.05, 0.1) is 5.54 Å². The number of likely N-dealkylation sites (N-methyl/N-ethyl adjacent to an activating group) is 1. The Kier molecular flexibility index (Phi) is 4.93. The van der Waals surface area contributed by atoms with Crippen LogP contribution < -0.4 is 10.6 Å². The molecule has 0 aliphatic carbocycles. The number of benzene rings is 1. The normalized spacial score (nSPS) is 11.4. The summed E-state index contributed by atoms with van der Waals surface area (Å²) >= 11 is 3.45. The Morgan fingerprint density at radius 3 is 2.22 bits per heavy atom. The Balaban J connectivity index is 2.95. The number of carbonyl (C=O) groups excluding carboxylic acids is 1. The molecule has 4 heteroatoms. The van der Waals surface area contributed by atoms with Crippen molar-refractivity contribution in [2.45, 2.75) is 40.2 Å². The van der Waals surface area contributed by atoms with Gasteiger partial charge < -0.3 is 10.6 Å². The average molecular weight is 313 g/mol. The monoisotopic (exact) mass is 312 g/mol. The van der Waals surface area contributed by atoms with Crippen molar-refractivity contribution in [2.24, 2.45) is 0 Å². The van der Waals surface area contributed by atoms with Crippen molar-refractivity contribution < 1.29 is 4.79 Å². The minimum absolute atomic E-state index is 0.0159. The van der Waals surface area contributed by atoms with Gasteiger partial charge in [-0.3, -0.25) is 4.79 Å². The minimum Gasteiger partial charge on any atom is -0.324 e. The molecule has 0 fully saturated rings. The predicted molar refractivity (Wildman–Crippen MR) is 80.0 cm³/mol. The Morgan fingerprint density at radius 2 is 1.78 bits per heavy atom. The first kappa shape index (κ1) is 15.2. The van der Waals surface area contributed by atoms with Crippen molar-refractivity contribution in [1.82, 2.24) is 5.32 Å². The number of hydrogen-bond donors (Lipinski definition) is 2. The van der Waals surface area contributed by atoms with Crippen LogP contribution in [-0.4, -0.2) is 18.0 Å². The van der Waals surface area contributed by atoms with E-state index in [2.05, 4.69) is 26.6 Å². The summed E-state index contributed by atoms with van der Waals surface area (Å²) in [6, 6.07) is 4.01. The highest BCUT2D eigenvalue weighted by Gasteiger charge is 2.26. The molecule has 0 saturated heterocycles. The molecule has 0 unspecified atom stereocenters. The van der Waals surface area contributed by atoms with E-state index in [-0.39, 0.29) is 5.91 Å². The summed E-state index contributed by atoms with van der Waals surface area (Å²) in [5.41, 5.74) is 2.44. The molecule has 1 rings (SSSR count). The Morgan fingerprint density at radius 1 is 1.28 bits per heavy atom. The number of halogens is 1. The maximum absolute atomic E-state index is 12.2. The van der Waals surface area contributed by atoms with Crippen molar-refractivity contribution in [3.05, 3.63) is 27.7 Å². The van der Waals surface area contributed by atoms with Gasteiger partial charge in [-0.25, -0.2) is 0 Å². The summed E-state index contributed by atoms with van der Waals surface area (Å²) in [6.07, 6.45) is 0. The molecule has 3 nitrogen and oxygen atoms in total. The highest BCUT2D eigenvalue weighted by atomic mass is 79.9. The average Bonchev–Trinajstić information content (AvgIpc) is 2.22. The van der Waals surface area contributed by atoms with E-state index >= 15 is 0 Å². The van der Waals surface area contributed by atoms with Gasteiger partial charge >= 0.3 is 0 Å². The molecule has 100 valence electrons. The molecular weight excluding hydrogens is 292 g/mol. The van der Waals surface area contributed by atoms with Crippen LogP contribution in [0.2, 0.25) is 0 Å². The van der Waals surface area contributed by atoms with Crippen LogP contribution in [-0.2, 0) is 4.79 Å². The van der Waals surface area contributed by atoms with E-state index in [0.29, 0.717) is 0 Å². The van der Waals surface area contributed by atoms with E-state index < -0.39 is 5.54 Å². The van der Waals surface area contributed by atoms with Gasteiger partial charge in [0.15, 0.2) is 0 Å². The van der Waals surface area contributed by atoms with Gasteiger partial charge in [-0.1, -0.05) is 22.9 Å². The second-order valence-electron chi connectivity index (χ2n) is 5.02. The molecule has 0 bridgehead atoms. The molecule has 0 aliphatic heterocycles. The number of rotatable bonds is 4. The van der Waals surface area contributed by atoms with Gasteiger partial charge in [0.1, 0.15) is 0 Å². The third-order valence-corrected chi connectivity index (χ3v) is 3.38. The van der Waals surface area contributed by atoms with E-state index in [4.69, 9.17) is 0 Å². The van der Waals surface area contributed by atoms with Crippen molar-refractivity contribution in [3.8, 4) is 0 Å². The predicted octanol–water partition coefficient (Wildman–Crippen LogP) is 3.39. The first-order valence-electron chi connectivity index (χ1n) is 6.11. The molecule has 0 aromatic heterocycles. The SMILES string of the molecule is CCNC(C)(C)C(=O)Nc1c(C)cc(Br)cc1C. The quantitative estimate of drug-likeness (QED) is 0.894. The van der Waals surface area contributed by atoms with Crippen LogP contribution in [0.1, 0.15) is 31.9 Å². The number of aryl methyl sites for hydroxylation is 2. The van der Waals surface area contributed by atoms with Crippen molar-refractivity contribution >= 4 is 27.5 Å². The maximum Gasteiger partial charge on any atom is 0.244 e. The van der Waals surface area contributed by atoms with Gasteiger partial charge in [0, 0.05) is 10.2 Å². The van der Waals surface area contributed by atoms with Crippen molar-refractivity contribution in [2.75, 3.05) is 11.9 Å². The molecule has 18 heavy (non-hydrogen) atoms. The Labute approximate surface area is 117 Å². The molecule has 0 heterocycles. The topological polar surface area (TPSA) is 41.1 Å². The summed E-state index contributed by atoms with van der Waals surface area (Å²) in [5.74, 6) is -0.0159. The van der Waals surface area contributed by atoms with Crippen LogP contribution in [0.25, 0.3) is 0 Å². The van der Waals surface area contributed by atoms with Crippen LogP contribution in [0.5, 0.6) is 0 Å².